The quantitative estimate of drug-likeness (QED) is 0.702. The van der Waals surface area contributed by atoms with Gasteiger partial charge < -0.3 is 9.47 Å². The number of Topliss-reactive ketones (excluding diaryl/α,β-unsaturated/α-hetero) is 1. The van der Waals surface area contributed by atoms with Gasteiger partial charge in [-0.3, -0.25) is 4.79 Å². The molecule has 0 radical (unpaired) electrons. The van der Waals surface area contributed by atoms with E-state index in [2.05, 4.69) is 0 Å². The van der Waals surface area contributed by atoms with Gasteiger partial charge in [-0.15, -0.1) is 11.3 Å². The zero-order chi connectivity index (χ0) is 11.3. The predicted molar refractivity (Wildman–Crippen MR) is 61.1 cm³/mol. The molecule has 0 fully saturated rings. The van der Waals surface area contributed by atoms with Crippen molar-refractivity contribution in [1.29, 1.82) is 0 Å². The molecule has 0 amide bonds. The van der Waals surface area contributed by atoms with Gasteiger partial charge >= 0.3 is 0 Å². The summed E-state index contributed by atoms with van der Waals surface area (Å²) in [5, 5.41) is 0. The topological polar surface area (TPSA) is 35.5 Å². The fourth-order valence-corrected chi connectivity index (χ4v) is 2.38. The smallest absolute Gasteiger partial charge is 0.172 e. The van der Waals surface area contributed by atoms with Crippen LogP contribution in [0.2, 0.25) is 0 Å². The van der Waals surface area contributed by atoms with Gasteiger partial charge in [-0.1, -0.05) is 6.92 Å². The maximum atomic E-state index is 11.5. The Morgan fingerprint density at radius 3 is 2.73 bits per heavy atom. The molecule has 1 aromatic heterocycles. The standard InChI is InChI=1S/C11H16O3S/c1-4-8(12)11-7-9(14-3)10(15-11)5-6-13-2/h7H,4-6H2,1-3H3. The van der Waals surface area contributed by atoms with Crippen LogP contribution >= 0.6 is 11.3 Å². The van der Waals surface area contributed by atoms with Gasteiger partial charge in [0.05, 0.1) is 18.6 Å². The molecule has 0 saturated heterocycles. The highest BCUT2D eigenvalue weighted by molar-refractivity contribution is 7.14. The summed E-state index contributed by atoms with van der Waals surface area (Å²) in [5.41, 5.74) is 0. The molecule has 84 valence electrons. The molecular weight excluding hydrogens is 212 g/mol. The van der Waals surface area contributed by atoms with Gasteiger partial charge in [0.2, 0.25) is 0 Å². The van der Waals surface area contributed by atoms with Crippen LogP contribution in [0, 0.1) is 0 Å². The first-order chi connectivity index (χ1) is 7.22. The van der Waals surface area contributed by atoms with E-state index < -0.39 is 0 Å². The van der Waals surface area contributed by atoms with Gasteiger partial charge in [-0.05, 0) is 0 Å². The molecule has 0 aliphatic rings. The monoisotopic (exact) mass is 228 g/mol. The molecule has 0 aliphatic carbocycles. The highest BCUT2D eigenvalue weighted by Crippen LogP contribution is 2.30. The minimum atomic E-state index is 0.168. The number of hydrogen-bond acceptors (Lipinski definition) is 4. The second kappa shape index (κ2) is 5.88. The normalized spacial score (nSPS) is 10.3. The zero-order valence-corrected chi connectivity index (χ0v) is 10.1. The molecule has 1 aromatic rings. The zero-order valence-electron chi connectivity index (χ0n) is 9.33. The van der Waals surface area contributed by atoms with Gasteiger partial charge in [0.25, 0.3) is 0 Å². The SMILES string of the molecule is CCC(=O)c1cc(OC)c(CCOC)s1. The summed E-state index contributed by atoms with van der Waals surface area (Å²) >= 11 is 1.50. The molecule has 3 nitrogen and oxygen atoms in total. The van der Waals surface area contributed by atoms with Crippen molar-refractivity contribution >= 4 is 17.1 Å². The second-order valence-electron chi connectivity index (χ2n) is 3.12. The largest absolute Gasteiger partial charge is 0.496 e. The second-order valence-corrected chi connectivity index (χ2v) is 4.26. The molecule has 0 saturated carbocycles. The number of carbonyl (C=O) groups excluding carboxylic acids is 1. The van der Waals surface area contributed by atoms with E-state index in [1.54, 1.807) is 14.2 Å². The molecule has 0 spiro atoms. The van der Waals surface area contributed by atoms with Crippen LogP contribution in [-0.4, -0.2) is 26.6 Å². The van der Waals surface area contributed by atoms with Gasteiger partial charge in [0, 0.05) is 30.9 Å². The Morgan fingerprint density at radius 2 is 2.20 bits per heavy atom. The first-order valence-electron chi connectivity index (χ1n) is 4.91. The van der Waals surface area contributed by atoms with Crippen LogP contribution in [0.5, 0.6) is 5.75 Å². The minimum absolute atomic E-state index is 0.168. The molecule has 0 unspecified atom stereocenters. The van der Waals surface area contributed by atoms with Crippen molar-refractivity contribution in [1.82, 2.24) is 0 Å². The molecular formula is C11H16O3S. The maximum absolute atomic E-state index is 11.5. The summed E-state index contributed by atoms with van der Waals surface area (Å²) in [6.07, 6.45) is 1.33. The Balaban J connectivity index is 2.84. The van der Waals surface area contributed by atoms with Crippen LogP contribution in [0.1, 0.15) is 27.9 Å². The maximum Gasteiger partial charge on any atom is 0.172 e. The van der Waals surface area contributed by atoms with Crippen LogP contribution in [-0.2, 0) is 11.2 Å². The van der Waals surface area contributed by atoms with Crippen LogP contribution in [0.4, 0.5) is 0 Å². The first-order valence-corrected chi connectivity index (χ1v) is 5.73. The highest BCUT2D eigenvalue weighted by Gasteiger charge is 2.13. The lowest BCUT2D eigenvalue weighted by Crippen LogP contribution is -1.93. The number of ether oxygens (including phenoxy) is 2. The lowest BCUT2D eigenvalue weighted by Gasteiger charge is -2.00. The Bertz CT molecular complexity index is 331. The van der Waals surface area contributed by atoms with Crippen molar-refractivity contribution in [2.24, 2.45) is 0 Å². The summed E-state index contributed by atoms with van der Waals surface area (Å²) < 4.78 is 10.2. The molecule has 0 aromatic carbocycles. The predicted octanol–water partition coefficient (Wildman–Crippen LogP) is 2.54. The first kappa shape index (κ1) is 12.2. The van der Waals surface area contributed by atoms with Crippen LogP contribution < -0.4 is 4.74 Å². The third kappa shape index (κ3) is 3.04. The summed E-state index contributed by atoms with van der Waals surface area (Å²) in [7, 11) is 3.29. The number of hydrogen-bond donors (Lipinski definition) is 0. The van der Waals surface area contributed by atoms with Crippen molar-refractivity contribution in [3.8, 4) is 5.75 Å². The molecule has 1 heterocycles. The Kier molecular flexibility index (Phi) is 4.78. The van der Waals surface area contributed by atoms with E-state index in [-0.39, 0.29) is 5.78 Å². The average molecular weight is 228 g/mol. The third-order valence-corrected chi connectivity index (χ3v) is 3.34. The minimum Gasteiger partial charge on any atom is -0.496 e. The fourth-order valence-electron chi connectivity index (χ4n) is 1.27. The molecule has 0 N–H and O–H groups in total. The van der Waals surface area contributed by atoms with Gasteiger partial charge in [-0.2, -0.15) is 0 Å². The van der Waals surface area contributed by atoms with Crippen LogP contribution in [0.3, 0.4) is 0 Å². The Labute approximate surface area is 94.0 Å². The summed E-state index contributed by atoms with van der Waals surface area (Å²) in [5.74, 6) is 0.968. The average Bonchev–Trinajstić information content (AvgIpc) is 2.68. The number of rotatable bonds is 6. The van der Waals surface area contributed by atoms with Crippen molar-refractivity contribution < 1.29 is 14.3 Å². The van der Waals surface area contributed by atoms with Gasteiger partial charge in [-0.25, -0.2) is 0 Å². The highest BCUT2D eigenvalue weighted by atomic mass is 32.1. The number of ketones is 1. The van der Waals surface area contributed by atoms with Crippen molar-refractivity contribution in [2.45, 2.75) is 19.8 Å². The molecule has 0 aliphatic heterocycles. The molecule has 1 rings (SSSR count). The fraction of sp³-hybridized carbons (Fsp3) is 0.545. The van der Waals surface area contributed by atoms with E-state index in [0.717, 1.165) is 21.9 Å². The summed E-state index contributed by atoms with van der Waals surface area (Å²) in [4.78, 5) is 13.4. The van der Waals surface area contributed by atoms with Gasteiger partial charge in [0.1, 0.15) is 5.75 Å². The number of methoxy groups -OCH3 is 2. The molecule has 0 atom stereocenters. The van der Waals surface area contributed by atoms with E-state index in [1.807, 2.05) is 13.0 Å². The lowest BCUT2D eigenvalue weighted by atomic mass is 10.2. The van der Waals surface area contributed by atoms with E-state index in [9.17, 15) is 4.79 Å². The Hall–Kier alpha value is -0.870. The van der Waals surface area contributed by atoms with Crippen molar-refractivity contribution in [3.05, 3.63) is 15.8 Å². The number of thiophene rings is 1. The third-order valence-electron chi connectivity index (χ3n) is 2.12. The summed E-state index contributed by atoms with van der Waals surface area (Å²) in [6, 6.07) is 1.82. The van der Waals surface area contributed by atoms with E-state index >= 15 is 0 Å². The van der Waals surface area contributed by atoms with Crippen molar-refractivity contribution in [3.63, 3.8) is 0 Å². The van der Waals surface area contributed by atoms with E-state index in [4.69, 9.17) is 9.47 Å². The summed E-state index contributed by atoms with van der Waals surface area (Å²) in [6.45, 7) is 2.51. The van der Waals surface area contributed by atoms with E-state index in [1.165, 1.54) is 11.3 Å². The van der Waals surface area contributed by atoms with Gasteiger partial charge in [0.15, 0.2) is 5.78 Å². The van der Waals surface area contributed by atoms with Crippen LogP contribution in [0.15, 0.2) is 6.07 Å². The van der Waals surface area contributed by atoms with E-state index in [0.29, 0.717) is 13.0 Å². The lowest BCUT2D eigenvalue weighted by molar-refractivity contribution is 0.0992. The molecule has 4 heteroatoms. The van der Waals surface area contributed by atoms with Crippen LogP contribution in [0.25, 0.3) is 0 Å². The Morgan fingerprint density at radius 1 is 1.47 bits per heavy atom. The molecule has 15 heavy (non-hydrogen) atoms. The molecule has 0 bridgehead atoms. The number of carbonyl (C=O) groups is 1. The van der Waals surface area contributed by atoms with Crippen molar-refractivity contribution in [2.75, 3.05) is 20.8 Å².